The van der Waals surface area contributed by atoms with Crippen molar-refractivity contribution >= 4 is 5.91 Å². The summed E-state index contributed by atoms with van der Waals surface area (Å²) in [7, 11) is 0. The molecule has 1 rings (SSSR count). The van der Waals surface area contributed by atoms with Gasteiger partial charge < -0.3 is 4.90 Å². The third-order valence-electron chi connectivity index (χ3n) is 1.82. The molecule has 76 valence electrons. The number of halogens is 3. The van der Waals surface area contributed by atoms with E-state index >= 15 is 0 Å². The van der Waals surface area contributed by atoms with Crippen molar-refractivity contribution in [2.75, 3.05) is 13.1 Å². The average molecular weight is 204 g/mol. The maximum Gasteiger partial charge on any atom is 0.471 e. The van der Waals surface area contributed by atoms with E-state index in [4.69, 9.17) is 5.26 Å². The van der Waals surface area contributed by atoms with E-state index in [0.717, 1.165) is 0 Å². The number of nitriles is 1. The summed E-state index contributed by atoms with van der Waals surface area (Å²) in [6, 6.07) is 1.74. The van der Waals surface area contributed by atoms with Crippen LogP contribution in [0.3, 0.4) is 0 Å². The third kappa shape index (κ3) is 2.25. The minimum absolute atomic E-state index is 0.0174. The van der Waals surface area contributed by atoms with Crippen molar-refractivity contribution < 1.29 is 18.0 Å². The summed E-state index contributed by atoms with van der Waals surface area (Å²) >= 11 is 0. The van der Waals surface area contributed by atoms with E-state index in [1.807, 2.05) is 0 Å². The second-order valence-corrected chi connectivity index (χ2v) is 2.85. The number of nitrogens with zero attached hydrogens (tertiary/aromatic N) is 2. The topological polar surface area (TPSA) is 44.1 Å². The van der Waals surface area contributed by atoms with Gasteiger partial charge in [0.1, 0.15) is 0 Å². The first-order chi connectivity index (χ1) is 6.45. The van der Waals surface area contributed by atoms with Crippen molar-refractivity contribution in [1.29, 1.82) is 5.26 Å². The molecular weight excluding hydrogens is 197 g/mol. The summed E-state index contributed by atoms with van der Waals surface area (Å²) in [6.45, 7) is -0.224. The predicted octanol–water partition coefficient (Wildman–Crippen LogP) is 1.23. The van der Waals surface area contributed by atoms with E-state index in [1.165, 1.54) is 0 Å². The fourth-order valence-corrected chi connectivity index (χ4v) is 1.18. The van der Waals surface area contributed by atoms with Gasteiger partial charge in [-0.15, -0.1) is 0 Å². The predicted molar refractivity (Wildman–Crippen MR) is 40.9 cm³/mol. The van der Waals surface area contributed by atoms with Gasteiger partial charge in [0.05, 0.1) is 12.6 Å². The monoisotopic (exact) mass is 204 g/mol. The summed E-state index contributed by atoms with van der Waals surface area (Å²) in [5, 5.41) is 8.46. The van der Waals surface area contributed by atoms with Crippen LogP contribution in [0.2, 0.25) is 0 Å². The highest BCUT2D eigenvalue weighted by molar-refractivity contribution is 5.82. The molecule has 14 heavy (non-hydrogen) atoms. The van der Waals surface area contributed by atoms with E-state index in [-0.39, 0.29) is 18.7 Å². The molecule has 0 saturated heterocycles. The molecule has 1 heterocycles. The molecule has 0 fully saturated rings. The molecule has 0 bridgehead atoms. The lowest BCUT2D eigenvalue weighted by atomic mass is 10.1. The molecule has 0 unspecified atom stereocenters. The SMILES string of the molecule is N#CC1=CCCN(C(=O)C(F)(F)F)C1. The number of hydrogen-bond acceptors (Lipinski definition) is 2. The van der Waals surface area contributed by atoms with Crippen LogP contribution in [0.5, 0.6) is 0 Å². The van der Waals surface area contributed by atoms with Crippen molar-refractivity contribution in [3.63, 3.8) is 0 Å². The lowest BCUT2D eigenvalue weighted by Gasteiger charge is -2.25. The zero-order chi connectivity index (χ0) is 10.8. The Kier molecular flexibility index (Phi) is 2.79. The van der Waals surface area contributed by atoms with Crippen LogP contribution >= 0.6 is 0 Å². The van der Waals surface area contributed by atoms with Crippen LogP contribution in [-0.4, -0.2) is 30.1 Å². The lowest BCUT2D eigenvalue weighted by molar-refractivity contribution is -0.185. The molecule has 1 aliphatic heterocycles. The molecule has 0 radical (unpaired) electrons. The van der Waals surface area contributed by atoms with Crippen molar-refractivity contribution in [2.45, 2.75) is 12.6 Å². The molecule has 1 amide bonds. The highest BCUT2D eigenvalue weighted by Crippen LogP contribution is 2.21. The quantitative estimate of drug-likeness (QED) is 0.595. The Balaban J connectivity index is 2.70. The number of carbonyl (C=O) groups excluding carboxylic acids is 1. The van der Waals surface area contributed by atoms with Gasteiger partial charge in [-0.2, -0.15) is 18.4 Å². The van der Waals surface area contributed by atoms with Crippen molar-refractivity contribution in [3.05, 3.63) is 11.6 Å². The first-order valence-corrected chi connectivity index (χ1v) is 3.90. The van der Waals surface area contributed by atoms with Gasteiger partial charge in [-0.25, -0.2) is 0 Å². The van der Waals surface area contributed by atoms with Gasteiger partial charge in [-0.1, -0.05) is 6.08 Å². The van der Waals surface area contributed by atoms with Gasteiger partial charge in [0.15, 0.2) is 0 Å². The number of rotatable bonds is 0. The average Bonchev–Trinajstić information content (AvgIpc) is 2.15. The fraction of sp³-hybridized carbons (Fsp3) is 0.500. The maximum absolute atomic E-state index is 12.0. The summed E-state index contributed by atoms with van der Waals surface area (Å²) in [6.07, 6.45) is -3.01. The van der Waals surface area contributed by atoms with Crippen LogP contribution in [0.25, 0.3) is 0 Å². The molecule has 0 aromatic rings. The third-order valence-corrected chi connectivity index (χ3v) is 1.82. The highest BCUT2D eigenvalue weighted by atomic mass is 19.4. The molecule has 0 atom stereocenters. The fourth-order valence-electron chi connectivity index (χ4n) is 1.18. The minimum atomic E-state index is -4.85. The van der Waals surface area contributed by atoms with Gasteiger partial charge in [-0.3, -0.25) is 4.79 Å². The second-order valence-electron chi connectivity index (χ2n) is 2.85. The molecule has 0 spiro atoms. The lowest BCUT2D eigenvalue weighted by Crippen LogP contribution is -2.43. The molecule has 0 aromatic carbocycles. The van der Waals surface area contributed by atoms with E-state index < -0.39 is 12.1 Å². The van der Waals surface area contributed by atoms with Crippen LogP contribution < -0.4 is 0 Å². The number of hydrogen-bond donors (Lipinski definition) is 0. The van der Waals surface area contributed by atoms with E-state index in [2.05, 4.69) is 0 Å². The first kappa shape index (κ1) is 10.6. The smallest absolute Gasteiger partial charge is 0.330 e. The Morgan fingerprint density at radius 1 is 1.57 bits per heavy atom. The van der Waals surface area contributed by atoms with E-state index in [9.17, 15) is 18.0 Å². The van der Waals surface area contributed by atoms with Crippen molar-refractivity contribution in [2.24, 2.45) is 0 Å². The number of alkyl halides is 3. The number of amides is 1. The van der Waals surface area contributed by atoms with Gasteiger partial charge in [0.2, 0.25) is 0 Å². The summed E-state index contributed by atoms with van der Waals surface area (Å²) in [5.74, 6) is -1.88. The standard InChI is InChI=1S/C8H7F3N2O/c9-8(10,11)7(14)13-3-1-2-6(4-12)5-13/h2H,1,3,5H2. The van der Waals surface area contributed by atoms with Crippen molar-refractivity contribution in [3.8, 4) is 6.07 Å². The summed E-state index contributed by atoms with van der Waals surface area (Å²) < 4.78 is 35.9. The minimum Gasteiger partial charge on any atom is -0.330 e. The van der Waals surface area contributed by atoms with Gasteiger partial charge >= 0.3 is 12.1 Å². The molecule has 0 aromatic heterocycles. The van der Waals surface area contributed by atoms with Gasteiger partial charge in [0, 0.05) is 12.1 Å². The Morgan fingerprint density at radius 2 is 2.21 bits per heavy atom. The van der Waals surface area contributed by atoms with E-state index in [0.29, 0.717) is 11.3 Å². The number of carbonyl (C=O) groups is 1. The summed E-state index contributed by atoms with van der Waals surface area (Å²) in [5.41, 5.74) is 0.203. The molecule has 0 N–H and O–H groups in total. The van der Waals surface area contributed by atoms with Gasteiger partial charge in [0.25, 0.3) is 0 Å². The Hall–Kier alpha value is -1.51. The molecular formula is C8H7F3N2O. The highest BCUT2D eigenvalue weighted by Gasteiger charge is 2.42. The van der Waals surface area contributed by atoms with Crippen LogP contribution in [0.1, 0.15) is 6.42 Å². The van der Waals surface area contributed by atoms with Crippen LogP contribution in [0.15, 0.2) is 11.6 Å². The largest absolute Gasteiger partial charge is 0.471 e. The van der Waals surface area contributed by atoms with Gasteiger partial charge in [-0.05, 0) is 6.42 Å². The normalized spacial score (nSPS) is 17.3. The zero-order valence-corrected chi connectivity index (χ0v) is 7.14. The maximum atomic E-state index is 12.0. The summed E-state index contributed by atoms with van der Waals surface area (Å²) in [4.78, 5) is 11.4. The van der Waals surface area contributed by atoms with Crippen molar-refractivity contribution in [1.82, 2.24) is 4.90 Å². The first-order valence-electron chi connectivity index (χ1n) is 3.90. The molecule has 0 saturated carbocycles. The van der Waals surface area contributed by atoms with Crippen LogP contribution in [0.4, 0.5) is 13.2 Å². The Bertz CT molecular complexity index is 314. The molecule has 0 aliphatic carbocycles. The zero-order valence-electron chi connectivity index (χ0n) is 7.14. The Labute approximate surface area is 78.4 Å². The second kappa shape index (κ2) is 3.70. The molecule has 6 heteroatoms. The molecule has 1 aliphatic rings. The van der Waals surface area contributed by atoms with Crippen LogP contribution in [-0.2, 0) is 4.79 Å². The Morgan fingerprint density at radius 3 is 2.71 bits per heavy atom. The van der Waals surface area contributed by atoms with Crippen LogP contribution in [0, 0.1) is 11.3 Å². The molecule has 3 nitrogen and oxygen atoms in total. The van der Waals surface area contributed by atoms with E-state index in [1.54, 1.807) is 12.1 Å².